The van der Waals surface area contributed by atoms with Gasteiger partial charge in [-0.2, -0.15) is 5.10 Å². The molecule has 0 spiro atoms. The fraction of sp³-hybridized carbons (Fsp3) is 0.571. The van der Waals surface area contributed by atoms with Gasteiger partial charge in [-0.15, -0.1) is 24.0 Å². The molecule has 6 nitrogen and oxygen atoms in total. The third-order valence-corrected chi connectivity index (χ3v) is 5.93. The van der Waals surface area contributed by atoms with Gasteiger partial charge in [-0.05, 0) is 49.8 Å². The zero-order chi connectivity index (χ0) is 19.8. The highest BCUT2D eigenvalue weighted by molar-refractivity contribution is 14.0. The van der Waals surface area contributed by atoms with Crippen molar-refractivity contribution in [2.24, 2.45) is 10.9 Å². The van der Waals surface area contributed by atoms with Crippen molar-refractivity contribution in [3.63, 3.8) is 0 Å². The molecule has 0 amide bonds. The van der Waals surface area contributed by atoms with Crippen LogP contribution < -0.4 is 5.32 Å². The van der Waals surface area contributed by atoms with Gasteiger partial charge in [-0.3, -0.25) is 10.1 Å². The van der Waals surface area contributed by atoms with Crippen LogP contribution in [0.5, 0.6) is 0 Å². The fourth-order valence-corrected chi connectivity index (χ4v) is 4.20. The highest BCUT2D eigenvalue weighted by atomic mass is 127. The molecule has 160 valence electrons. The Hall–Kier alpha value is -1.16. The van der Waals surface area contributed by atoms with E-state index < -0.39 is 0 Å². The van der Waals surface area contributed by atoms with E-state index in [0.29, 0.717) is 11.8 Å². The zero-order valence-electron chi connectivity index (χ0n) is 17.3. The molecule has 1 aromatic heterocycles. The Morgan fingerprint density at radius 2 is 2.14 bits per heavy atom. The van der Waals surface area contributed by atoms with E-state index in [0.717, 1.165) is 68.1 Å². The molecular weight excluding hydrogens is 543 g/mol. The molecule has 2 N–H and O–H groups in total. The number of hydrogen-bond acceptors (Lipinski definition) is 3. The lowest BCUT2D eigenvalue weighted by molar-refractivity contribution is 0.298. The molecule has 0 bridgehead atoms. The van der Waals surface area contributed by atoms with Crippen molar-refractivity contribution in [1.29, 1.82) is 0 Å². The van der Waals surface area contributed by atoms with E-state index in [9.17, 15) is 0 Å². The van der Waals surface area contributed by atoms with Crippen molar-refractivity contribution in [2.45, 2.75) is 45.4 Å². The largest absolute Gasteiger partial charge is 0.357 e. The first-order valence-corrected chi connectivity index (χ1v) is 11.1. The van der Waals surface area contributed by atoms with Gasteiger partial charge < -0.3 is 10.2 Å². The second-order valence-electron chi connectivity index (χ2n) is 7.43. The van der Waals surface area contributed by atoms with Crippen molar-refractivity contribution in [3.8, 4) is 0 Å². The van der Waals surface area contributed by atoms with Crippen LogP contribution in [0.25, 0.3) is 0 Å². The highest BCUT2D eigenvalue weighted by Gasteiger charge is 2.24. The van der Waals surface area contributed by atoms with Crippen molar-refractivity contribution in [2.75, 3.05) is 26.2 Å². The number of halogens is 2. The monoisotopic (exact) mass is 574 g/mol. The molecule has 29 heavy (non-hydrogen) atoms. The molecule has 8 heteroatoms. The lowest BCUT2D eigenvalue weighted by Gasteiger charge is -2.33. The Kier molecular flexibility index (Phi) is 10.4. The van der Waals surface area contributed by atoms with Gasteiger partial charge >= 0.3 is 0 Å². The first-order chi connectivity index (χ1) is 13.7. The van der Waals surface area contributed by atoms with Crippen molar-refractivity contribution < 1.29 is 0 Å². The summed E-state index contributed by atoms with van der Waals surface area (Å²) in [6.07, 6.45) is 5.95. The van der Waals surface area contributed by atoms with Gasteiger partial charge in [0.05, 0.1) is 0 Å². The standard InChI is InChI=1S/C21H31BrN6.HI/c1-3-16(12-17-6-5-7-19(22)13-17)14-24-21(23-4-2)28-10-8-18(9-11-28)20-25-15-26-27-20;/h5-7,13,15-16,18H,3-4,8-12,14H2,1-2H3,(H,23,24)(H,25,26,27);1H. The quantitative estimate of drug-likeness (QED) is 0.288. The molecule has 1 saturated heterocycles. The molecule has 1 aliphatic rings. The van der Waals surface area contributed by atoms with Crippen LogP contribution in [-0.4, -0.2) is 52.2 Å². The fourth-order valence-electron chi connectivity index (χ4n) is 3.75. The number of piperidine rings is 1. The molecule has 0 saturated carbocycles. The normalized spacial score (nSPS) is 16.4. The van der Waals surface area contributed by atoms with Crippen LogP contribution in [0.1, 0.15) is 50.4 Å². The summed E-state index contributed by atoms with van der Waals surface area (Å²) in [4.78, 5) is 11.7. The van der Waals surface area contributed by atoms with Gasteiger partial charge in [-0.25, -0.2) is 4.98 Å². The van der Waals surface area contributed by atoms with Crippen LogP contribution in [0.15, 0.2) is 40.1 Å². The van der Waals surface area contributed by atoms with Gasteiger partial charge in [0.2, 0.25) is 0 Å². The van der Waals surface area contributed by atoms with Crippen LogP contribution in [0.2, 0.25) is 0 Å². The predicted molar refractivity (Wildman–Crippen MR) is 133 cm³/mol. The number of guanidine groups is 1. The van der Waals surface area contributed by atoms with Gasteiger partial charge in [0, 0.05) is 36.6 Å². The Balaban J connectivity index is 0.00000300. The number of aliphatic imine (C=N–C) groups is 1. The molecule has 1 aromatic carbocycles. The third kappa shape index (κ3) is 7.24. The molecule has 3 rings (SSSR count). The lowest BCUT2D eigenvalue weighted by Crippen LogP contribution is -2.45. The number of nitrogens with one attached hydrogen (secondary N) is 2. The Morgan fingerprint density at radius 1 is 1.34 bits per heavy atom. The maximum absolute atomic E-state index is 5.00. The molecule has 2 heterocycles. The number of H-pyrrole nitrogens is 1. The number of aromatic amines is 1. The van der Waals surface area contributed by atoms with Gasteiger partial charge in [0.15, 0.2) is 5.96 Å². The summed E-state index contributed by atoms with van der Waals surface area (Å²) >= 11 is 3.57. The molecule has 1 unspecified atom stereocenters. The van der Waals surface area contributed by atoms with E-state index in [-0.39, 0.29) is 24.0 Å². The molecule has 0 aliphatic carbocycles. The van der Waals surface area contributed by atoms with Crippen LogP contribution in [0, 0.1) is 5.92 Å². The second-order valence-corrected chi connectivity index (χ2v) is 8.35. The van der Waals surface area contributed by atoms with Gasteiger partial charge in [0.1, 0.15) is 12.2 Å². The highest BCUT2D eigenvalue weighted by Crippen LogP contribution is 2.25. The molecule has 1 atom stereocenters. The number of hydrogen-bond donors (Lipinski definition) is 2. The number of rotatable bonds is 7. The van der Waals surface area contributed by atoms with Crippen molar-refractivity contribution >= 4 is 45.9 Å². The minimum Gasteiger partial charge on any atom is -0.357 e. The maximum atomic E-state index is 5.00. The minimum absolute atomic E-state index is 0. The van der Waals surface area contributed by atoms with Crippen LogP contribution in [0.4, 0.5) is 0 Å². The Bertz CT molecular complexity index is 743. The van der Waals surface area contributed by atoms with E-state index >= 15 is 0 Å². The summed E-state index contributed by atoms with van der Waals surface area (Å²) < 4.78 is 1.14. The maximum Gasteiger partial charge on any atom is 0.193 e. The summed E-state index contributed by atoms with van der Waals surface area (Å²) in [5.41, 5.74) is 1.37. The summed E-state index contributed by atoms with van der Waals surface area (Å²) in [6, 6.07) is 8.61. The van der Waals surface area contributed by atoms with E-state index in [1.165, 1.54) is 5.56 Å². The smallest absolute Gasteiger partial charge is 0.193 e. The van der Waals surface area contributed by atoms with Crippen LogP contribution >= 0.6 is 39.9 Å². The first kappa shape index (κ1) is 24.1. The number of likely N-dealkylation sites (tertiary alicyclic amines) is 1. The lowest BCUT2D eigenvalue weighted by atomic mass is 9.96. The van der Waals surface area contributed by atoms with E-state index in [2.05, 4.69) is 79.4 Å². The number of aromatic nitrogens is 3. The number of benzene rings is 1. The minimum atomic E-state index is 0. The van der Waals surface area contributed by atoms with Gasteiger partial charge in [-0.1, -0.05) is 41.4 Å². The van der Waals surface area contributed by atoms with E-state index in [1.54, 1.807) is 6.33 Å². The average Bonchev–Trinajstić information content (AvgIpc) is 3.25. The Labute approximate surface area is 199 Å². The summed E-state index contributed by atoms with van der Waals surface area (Å²) in [5, 5.41) is 10.5. The number of nitrogens with zero attached hydrogens (tertiary/aromatic N) is 4. The third-order valence-electron chi connectivity index (χ3n) is 5.44. The molecule has 0 radical (unpaired) electrons. The summed E-state index contributed by atoms with van der Waals surface area (Å²) in [6.45, 7) is 8.14. The van der Waals surface area contributed by atoms with Crippen molar-refractivity contribution in [3.05, 3.63) is 46.5 Å². The topological polar surface area (TPSA) is 69.2 Å². The predicted octanol–water partition coefficient (Wildman–Crippen LogP) is 4.60. The SMILES string of the molecule is CCNC(=NCC(CC)Cc1cccc(Br)c1)N1CCC(c2ncn[nH]2)CC1.I. The Morgan fingerprint density at radius 3 is 2.76 bits per heavy atom. The molecule has 2 aromatic rings. The average molecular weight is 575 g/mol. The summed E-state index contributed by atoms with van der Waals surface area (Å²) in [7, 11) is 0. The molecule has 1 aliphatic heterocycles. The first-order valence-electron chi connectivity index (χ1n) is 10.3. The van der Waals surface area contributed by atoms with Crippen LogP contribution in [0.3, 0.4) is 0 Å². The van der Waals surface area contributed by atoms with E-state index in [1.807, 2.05) is 0 Å². The molecule has 1 fully saturated rings. The molecular formula is C21H32BrIN6. The van der Waals surface area contributed by atoms with Gasteiger partial charge in [0.25, 0.3) is 0 Å². The zero-order valence-corrected chi connectivity index (χ0v) is 21.2. The second kappa shape index (κ2) is 12.5. The van der Waals surface area contributed by atoms with Crippen LogP contribution in [-0.2, 0) is 6.42 Å². The van der Waals surface area contributed by atoms with E-state index in [4.69, 9.17) is 4.99 Å². The van der Waals surface area contributed by atoms with Crippen molar-refractivity contribution in [1.82, 2.24) is 25.4 Å². The summed E-state index contributed by atoms with van der Waals surface area (Å²) in [5.74, 6) is 3.09.